The van der Waals surface area contributed by atoms with Crippen molar-refractivity contribution in [2.75, 3.05) is 0 Å². The summed E-state index contributed by atoms with van der Waals surface area (Å²) in [6.07, 6.45) is 4.06. The third-order valence-corrected chi connectivity index (χ3v) is 2.07. The molecular formula is C8H13ClN2. The van der Waals surface area contributed by atoms with Crippen molar-refractivity contribution in [3.05, 3.63) is 17.5 Å². The Bertz CT molecular complexity index is 230. The number of rotatable bonds is 3. The first kappa shape index (κ1) is 8.60. The number of hydrogen-bond acceptors (Lipinski definition) is 1. The quantitative estimate of drug-likeness (QED) is 0.639. The van der Waals surface area contributed by atoms with E-state index in [1.807, 2.05) is 17.9 Å². The molecule has 62 valence electrons. The number of alkyl halides is 1. The Morgan fingerprint density at radius 3 is 2.91 bits per heavy atom. The van der Waals surface area contributed by atoms with Gasteiger partial charge in [-0.2, -0.15) is 5.10 Å². The number of hydrogen-bond donors (Lipinski definition) is 0. The van der Waals surface area contributed by atoms with Crippen LogP contribution < -0.4 is 0 Å². The molecule has 0 fully saturated rings. The van der Waals surface area contributed by atoms with Crippen LogP contribution in [0.4, 0.5) is 0 Å². The van der Waals surface area contributed by atoms with Crippen molar-refractivity contribution in [1.29, 1.82) is 0 Å². The van der Waals surface area contributed by atoms with Crippen molar-refractivity contribution in [2.24, 2.45) is 7.05 Å². The molecule has 2 nitrogen and oxygen atoms in total. The second-order valence-corrected chi connectivity index (χ2v) is 2.89. The lowest BCUT2D eigenvalue weighted by atomic mass is 10.2. The lowest BCUT2D eigenvalue weighted by Gasteiger charge is -2.00. The van der Waals surface area contributed by atoms with Crippen molar-refractivity contribution >= 4 is 11.6 Å². The normalized spacial score (nSPS) is 10.5. The van der Waals surface area contributed by atoms with E-state index >= 15 is 0 Å². The molecule has 0 bridgehead atoms. The van der Waals surface area contributed by atoms with E-state index in [0.29, 0.717) is 5.88 Å². The summed E-state index contributed by atoms with van der Waals surface area (Å²) < 4.78 is 1.90. The Balaban J connectivity index is 2.88. The van der Waals surface area contributed by atoms with Gasteiger partial charge >= 0.3 is 0 Å². The van der Waals surface area contributed by atoms with E-state index in [9.17, 15) is 0 Å². The van der Waals surface area contributed by atoms with Crippen LogP contribution in [0.1, 0.15) is 24.6 Å². The van der Waals surface area contributed by atoms with E-state index in [4.69, 9.17) is 11.6 Å². The fraction of sp³-hybridized carbons (Fsp3) is 0.625. The molecule has 1 rings (SSSR count). The van der Waals surface area contributed by atoms with Gasteiger partial charge in [-0.25, -0.2) is 0 Å². The molecule has 0 saturated carbocycles. The molecule has 0 spiro atoms. The van der Waals surface area contributed by atoms with E-state index in [1.54, 1.807) is 0 Å². The minimum atomic E-state index is 0.573. The minimum Gasteiger partial charge on any atom is -0.272 e. The molecule has 1 aromatic rings. The number of nitrogens with zero attached hydrogens (tertiary/aromatic N) is 2. The average molecular weight is 173 g/mol. The van der Waals surface area contributed by atoms with Crippen LogP contribution in [0.3, 0.4) is 0 Å². The standard InChI is InChI=1S/C8H13ClN2/c1-3-4-8-7(5-9)6-10-11(8)2/h6H,3-5H2,1-2H3. The van der Waals surface area contributed by atoms with Gasteiger partial charge in [-0.15, -0.1) is 11.6 Å². The lowest BCUT2D eigenvalue weighted by Crippen LogP contribution is -1.99. The Morgan fingerprint density at radius 1 is 1.64 bits per heavy atom. The fourth-order valence-corrected chi connectivity index (χ4v) is 1.40. The molecule has 0 atom stereocenters. The zero-order valence-electron chi connectivity index (χ0n) is 6.97. The van der Waals surface area contributed by atoms with Crippen molar-refractivity contribution < 1.29 is 0 Å². The van der Waals surface area contributed by atoms with Gasteiger partial charge in [0, 0.05) is 18.3 Å². The van der Waals surface area contributed by atoms with Gasteiger partial charge in [0.1, 0.15) is 0 Å². The highest BCUT2D eigenvalue weighted by molar-refractivity contribution is 6.17. The van der Waals surface area contributed by atoms with Gasteiger partial charge < -0.3 is 0 Å². The first-order valence-corrected chi connectivity index (χ1v) is 4.38. The Labute approximate surface area is 72.2 Å². The van der Waals surface area contributed by atoms with Crippen molar-refractivity contribution in [3.8, 4) is 0 Å². The van der Waals surface area contributed by atoms with Crippen molar-refractivity contribution in [2.45, 2.75) is 25.6 Å². The molecule has 0 N–H and O–H groups in total. The molecule has 0 aliphatic rings. The van der Waals surface area contributed by atoms with E-state index < -0.39 is 0 Å². The second-order valence-electron chi connectivity index (χ2n) is 2.62. The van der Waals surface area contributed by atoms with Gasteiger partial charge in [-0.1, -0.05) is 13.3 Å². The number of aryl methyl sites for hydroxylation is 1. The van der Waals surface area contributed by atoms with Gasteiger partial charge in [-0.05, 0) is 6.42 Å². The van der Waals surface area contributed by atoms with Gasteiger partial charge in [0.05, 0.1) is 12.1 Å². The minimum absolute atomic E-state index is 0.573. The maximum absolute atomic E-state index is 5.73. The Kier molecular flexibility index (Phi) is 2.94. The summed E-state index contributed by atoms with van der Waals surface area (Å²) in [5.41, 5.74) is 2.43. The molecule has 11 heavy (non-hydrogen) atoms. The van der Waals surface area contributed by atoms with Crippen LogP contribution in [-0.2, 0) is 19.3 Å². The number of aromatic nitrogens is 2. The molecule has 0 unspecified atom stereocenters. The van der Waals surface area contributed by atoms with Crippen LogP contribution in [-0.4, -0.2) is 9.78 Å². The molecule has 0 radical (unpaired) electrons. The predicted molar refractivity (Wildman–Crippen MR) is 46.8 cm³/mol. The molecule has 0 amide bonds. The molecule has 1 heterocycles. The monoisotopic (exact) mass is 172 g/mol. The third-order valence-electron chi connectivity index (χ3n) is 1.78. The largest absolute Gasteiger partial charge is 0.272 e. The Morgan fingerprint density at radius 2 is 2.36 bits per heavy atom. The molecular weight excluding hydrogens is 160 g/mol. The summed E-state index contributed by atoms with van der Waals surface area (Å²) in [6, 6.07) is 0. The van der Waals surface area contributed by atoms with Crippen molar-refractivity contribution in [3.63, 3.8) is 0 Å². The molecule has 0 aliphatic carbocycles. The van der Waals surface area contributed by atoms with Crippen molar-refractivity contribution in [1.82, 2.24) is 9.78 Å². The van der Waals surface area contributed by atoms with E-state index in [0.717, 1.165) is 18.4 Å². The predicted octanol–water partition coefficient (Wildman–Crippen LogP) is 2.11. The molecule has 3 heteroatoms. The van der Waals surface area contributed by atoms with Gasteiger partial charge in [-0.3, -0.25) is 4.68 Å². The smallest absolute Gasteiger partial charge is 0.0536 e. The van der Waals surface area contributed by atoms with Crippen LogP contribution in [0.5, 0.6) is 0 Å². The topological polar surface area (TPSA) is 17.8 Å². The SMILES string of the molecule is CCCc1c(CCl)cnn1C. The zero-order valence-corrected chi connectivity index (χ0v) is 7.73. The first-order valence-electron chi connectivity index (χ1n) is 3.85. The average Bonchev–Trinajstić information content (AvgIpc) is 2.34. The van der Waals surface area contributed by atoms with E-state index in [-0.39, 0.29) is 0 Å². The first-order chi connectivity index (χ1) is 5.29. The van der Waals surface area contributed by atoms with Gasteiger partial charge in [0.2, 0.25) is 0 Å². The van der Waals surface area contributed by atoms with E-state index in [2.05, 4.69) is 12.0 Å². The summed E-state index contributed by atoms with van der Waals surface area (Å²) in [6.45, 7) is 2.16. The van der Waals surface area contributed by atoms with Crippen LogP contribution in [0.25, 0.3) is 0 Å². The Hall–Kier alpha value is -0.500. The van der Waals surface area contributed by atoms with Crippen LogP contribution in [0.2, 0.25) is 0 Å². The second kappa shape index (κ2) is 3.77. The van der Waals surface area contributed by atoms with Crippen LogP contribution in [0, 0.1) is 0 Å². The molecule has 1 aromatic heterocycles. The molecule has 0 aromatic carbocycles. The summed E-state index contributed by atoms with van der Waals surface area (Å²) >= 11 is 5.73. The third kappa shape index (κ3) is 1.74. The number of halogens is 1. The summed E-state index contributed by atoms with van der Waals surface area (Å²) in [5.74, 6) is 0.573. The summed E-state index contributed by atoms with van der Waals surface area (Å²) in [4.78, 5) is 0. The molecule has 0 aliphatic heterocycles. The summed E-state index contributed by atoms with van der Waals surface area (Å²) in [7, 11) is 1.96. The molecule has 0 saturated heterocycles. The zero-order chi connectivity index (χ0) is 8.27. The maximum atomic E-state index is 5.73. The lowest BCUT2D eigenvalue weighted by molar-refractivity contribution is 0.695. The highest BCUT2D eigenvalue weighted by Gasteiger charge is 2.04. The summed E-state index contributed by atoms with van der Waals surface area (Å²) in [5, 5.41) is 4.14. The maximum Gasteiger partial charge on any atom is 0.0536 e. The van der Waals surface area contributed by atoms with Gasteiger partial charge in [0.25, 0.3) is 0 Å². The highest BCUT2D eigenvalue weighted by Crippen LogP contribution is 2.11. The van der Waals surface area contributed by atoms with E-state index in [1.165, 1.54) is 5.69 Å². The van der Waals surface area contributed by atoms with Gasteiger partial charge in [0.15, 0.2) is 0 Å². The highest BCUT2D eigenvalue weighted by atomic mass is 35.5. The van der Waals surface area contributed by atoms with Crippen LogP contribution in [0.15, 0.2) is 6.20 Å². The van der Waals surface area contributed by atoms with Crippen LogP contribution >= 0.6 is 11.6 Å². The fourth-order valence-electron chi connectivity index (χ4n) is 1.18.